The Morgan fingerprint density at radius 3 is 2.60 bits per heavy atom. The SMILES string of the molecule is COCCNCCNS(=O)(=O)c1cccc(C)c1Br.Cl. The second-order valence-corrected chi connectivity index (χ2v) is 6.56. The molecule has 0 atom stereocenters. The summed E-state index contributed by atoms with van der Waals surface area (Å²) in [7, 11) is -1.85. The van der Waals surface area contributed by atoms with Gasteiger partial charge in [-0.05, 0) is 34.5 Å². The summed E-state index contributed by atoms with van der Waals surface area (Å²) in [5.74, 6) is 0. The Morgan fingerprint density at radius 2 is 1.95 bits per heavy atom. The van der Waals surface area contributed by atoms with Crippen LogP contribution in [0, 0.1) is 6.92 Å². The van der Waals surface area contributed by atoms with E-state index < -0.39 is 10.0 Å². The molecule has 0 saturated heterocycles. The summed E-state index contributed by atoms with van der Waals surface area (Å²) < 4.78 is 32.2. The zero-order valence-electron chi connectivity index (χ0n) is 11.5. The minimum atomic E-state index is -3.47. The van der Waals surface area contributed by atoms with Crippen LogP contribution in [0.1, 0.15) is 5.56 Å². The molecule has 0 heterocycles. The summed E-state index contributed by atoms with van der Waals surface area (Å²) in [6.07, 6.45) is 0. The highest BCUT2D eigenvalue weighted by atomic mass is 79.9. The van der Waals surface area contributed by atoms with E-state index >= 15 is 0 Å². The Hall–Kier alpha value is -0.180. The van der Waals surface area contributed by atoms with Crippen molar-refractivity contribution in [3.8, 4) is 0 Å². The molecule has 5 nitrogen and oxygen atoms in total. The number of ether oxygens (including phenoxy) is 1. The summed E-state index contributed by atoms with van der Waals surface area (Å²) in [6.45, 7) is 4.07. The number of rotatable bonds is 8. The molecule has 0 saturated carbocycles. The molecule has 0 aliphatic heterocycles. The average molecular weight is 388 g/mol. The second-order valence-electron chi connectivity index (χ2n) is 4.03. The lowest BCUT2D eigenvalue weighted by atomic mass is 10.2. The third kappa shape index (κ3) is 6.07. The molecule has 0 fully saturated rings. The molecule has 2 N–H and O–H groups in total. The van der Waals surface area contributed by atoms with Crippen molar-refractivity contribution in [2.75, 3.05) is 33.4 Å². The summed E-state index contributed by atoms with van der Waals surface area (Å²) in [5, 5.41) is 3.07. The number of aryl methyl sites for hydroxylation is 1. The van der Waals surface area contributed by atoms with Crippen LogP contribution in [-0.4, -0.2) is 41.8 Å². The Balaban J connectivity index is 0.00000361. The van der Waals surface area contributed by atoms with Crippen molar-refractivity contribution in [2.24, 2.45) is 0 Å². The average Bonchev–Trinajstić information content (AvgIpc) is 2.36. The second kappa shape index (κ2) is 9.70. The van der Waals surface area contributed by atoms with Gasteiger partial charge in [0.15, 0.2) is 0 Å². The van der Waals surface area contributed by atoms with E-state index in [4.69, 9.17) is 4.74 Å². The van der Waals surface area contributed by atoms with E-state index in [0.717, 1.165) is 5.56 Å². The van der Waals surface area contributed by atoms with Crippen molar-refractivity contribution < 1.29 is 13.2 Å². The summed E-state index contributed by atoms with van der Waals surface area (Å²) >= 11 is 3.31. The van der Waals surface area contributed by atoms with E-state index in [1.807, 2.05) is 13.0 Å². The quantitative estimate of drug-likeness (QED) is 0.666. The van der Waals surface area contributed by atoms with Crippen LogP contribution < -0.4 is 10.0 Å². The van der Waals surface area contributed by atoms with Gasteiger partial charge in [-0.3, -0.25) is 0 Å². The minimum absolute atomic E-state index is 0. The lowest BCUT2D eigenvalue weighted by Gasteiger charge is -2.10. The van der Waals surface area contributed by atoms with Crippen LogP contribution in [0.15, 0.2) is 27.6 Å². The molecule has 0 aliphatic carbocycles. The van der Waals surface area contributed by atoms with Gasteiger partial charge in [-0.2, -0.15) is 0 Å². The van der Waals surface area contributed by atoms with Gasteiger partial charge in [0, 0.05) is 31.2 Å². The highest BCUT2D eigenvalue weighted by molar-refractivity contribution is 9.10. The van der Waals surface area contributed by atoms with Crippen LogP contribution in [0.25, 0.3) is 0 Å². The first-order valence-corrected chi connectivity index (χ1v) is 8.21. The van der Waals surface area contributed by atoms with Gasteiger partial charge in [-0.25, -0.2) is 13.1 Å². The van der Waals surface area contributed by atoms with E-state index in [2.05, 4.69) is 26.0 Å². The van der Waals surface area contributed by atoms with Crippen LogP contribution in [0.5, 0.6) is 0 Å². The molecule has 0 unspecified atom stereocenters. The molecular formula is C12H20BrClN2O3S. The largest absolute Gasteiger partial charge is 0.383 e. The van der Waals surface area contributed by atoms with Gasteiger partial charge < -0.3 is 10.1 Å². The van der Waals surface area contributed by atoms with Crippen LogP contribution >= 0.6 is 28.3 Å². The number of methoxy groups -OCH3 is 1. The van der Waals surface area contributed by atoms with Crippen molar-refractivity contribution in [3.05, 3.63) is 28.2 Å². The third-order valence-electron chi connectivity index (χ3n) is 2.52. The van der Waals surface area contributed by atoms with Gasteiger partial charge in [0.05, 0.1) is 11.5 Å². The lowest BCUT2D eigenvalue weighted by Crippen LogP contribution is -2.33. The molecule has 1 aromatic carbocycles. The molecule has 0 spiro atoms. The van der Waals surface area contributed by atoms with Crippen molar-refractivity contribution in [1.82, 2.24) is 10.0 Å². The monoisotopic (exact) mass is 386 g/mol. The van der Waals surface area contributed by atoms with Crippen molar-refractivity contribution in [2.45, 2.75) is 11.8 Å². The van der Waals surface area contributed by atoms with Gasteiger partial charge in [0.25, 0.3) is 0 Å². The first kappa shape index (κ1) is 19.8. The maximum Gasteiger partial charge on any atom is 0.241 e. The zero-order valence-corrected chi connectivity index (χ0v) is 14.7. The number of hydrogen-bond acceptors (Lipinski definition) is 4. The minimum Gasteiger partial charge on any atom is -0.383 e. The number of nitrogens with one attached hydrogen (secondary N) is 2. The van der Waals surface area contributed by atoms with Crippen LogP contribution in [0.2, 0.25) is 0 Å². The molecular weight excluding hydrogens is 368 g/mol. The molecule has 0 amide bonds. The fraction of sp³-hybridized carbons (Fsp3) is 0.500. The molecule has 1 aromatic rings. The first-order valence-electron chi connectivity index (χ1n) is 5.93. The van der Waals surface area contributed by atoms with Crippen molar-refractivity contribution in [3.63, 3.8) is 0 Å². The van der Waals surface area contributed by atoms with E-state index in [-0.39, 0.29) is 17.3 Å². The zero-order chi connectivity index (χ0) is 14.3. The smallest absolute Gasteiger partial charge is 0.241 e. The third-order valence-corrected chi connectivity index (χ3v) is 5.34. The van der Waals surface area contributed by atoms with Gasteiger partial charge >= 0.3 is 0 Å². The summed E-state index contributed by atoms with van der Waals surface area (Å²) in [5.41, 5.74) is 0.890. The fourth-order valence-electron chi connectivity index (χ4n) is 1.48. The van der Waals surface area contributed by atoms with Gasteiger partial charge in [0.2, 0.25) is 10.0 Å². The predicted octanol–water partition coefficient (Wildman–Crippen LogP) is 1.69. The Labute approximate surface area is 135 Å². The molecule has 0 aromatic heterocycles. The number of hydrogen-bond donors (Lipinski definition) is 2. The molecule has 0 bridgehead atoms. The standard InChI is InChI=1S/C12H19BrN2O3S.ClH/c1-10-4-3-5-11(12(10)13)19(16,17)15-7-6-14-8-9-18-2;/h3-5,14-15H,6-9H2,1-2H3;1H. The van der Waals surface area contributed by atoms with Crippen LogP contribution in [0.3, 0.4) is 0 Å². The van der Waals surface area contributed by atoms with E-state index in [9.17, 15) is 8.42 Å². The maximum atomic E-state index is 12.1. The first-order chi connectivity index (χ1) is 8.99. The Morgan fingerprint density at radius 1 is 1.25 bits per heavy atom. The molecule has 20 heavy (non-hydrogen) atoms. The number of halogens is 2. The van der Waals surface area contributed by atoms with Crippen LogP contribution in [0.4, 0.5) is 0 Å². The molecule has 8 heteroatoms. The highest BCUT2D eigenvalue weighted by Crippen LogP contribution is 2.24. The summed E-state index contributed by atoms with van der Waals surface area (Å²) in [6, 6.07) is 5.17. The van der Waals surface area contributed by atoms with Gasteiger partial charge in [-0.15, -0.1) is 12.4 Å². The molecule has 116 valence electrons. The van der Waals surface area contributed by atoms with Crippen molar-refractivity contribution in [1.29, 1.82) is 0 Å². The summed E-state index contributed by atoms with van der Waals surface area (Å²) in [4.78, 5) is 0.268. The van der Waals surface area contributed by atoms with E-state index in [1.54, 1.807) is 19.2 Å². The normalized spacial score (nSPS) is 11.2. The van der Waals surface area contributed by atoms with Gasteiger partial charge in [0.1, 0.15) is 0 Å². The van der Waals surface area contributed by atoms with Gasteiger partial charge in [-0.1, -0.05) is 12.1 Å². The fourth-order valence-corrected chi connectivity index (χ4v) is 3.56. The predicted molar refractivity (Wildman–Crippen MR) is 86.1 cm³/mol. The number of sulfonamides is 1. The van der Waals surface area contributed by atoms with Crippen LogP contribution in [-0.2, 0) is 14.8 Å². The Kier molecular flexibility index (Phi) is 9.61. The molecule has 1 rings (SSSR count). The van der Waals surface area contributed by atoms with Crippen molar-refractivity contribution >= 4 is 38.4 Å². The molecule has 0 aliphatic rings. The van der Waals surface area contributed by atoms with E-state index in [1.165, 1.54) is 0 Å². The Bertz CT molecular complexity index is 511. The topological polar surface area (TPSA) is 67.4 Å². The maximum absolute atomic E-state index is 12.1. The van der Waals surface area contributed by atoms with E-state index in [0.29, 0.717) is 30.7 Å². The molecule has 0 radical (unpaired) electrons. The lowest BCUT2D eigenvalue weighted by molar-refractivity contribution is 0.199. The number of benzene rings is 1. The highest BCUT2D eigenvalue weighted by Gasteiger charge is 2.17.